The third kappa shape index (κ3) is 6.95. The van der Waals surface area contributed by atoms with E-state index in [2.05, 4.69) is 20.4 Å². The molecule has 234 valence electrons. The summed E-state index contributed by atoms with van der Waals surface area (Å²) < 4.78 is 50.8. The smallest absolute Gasteiger partial charge is 0.416 e. The maximum Gasteiger partial charge on any atom is 0.416 e. The molecule has 1 fully saturated rings. The molecule has 1 aliphatic carbocycles. The van der Waals surface area contributed by atoms with Crippen molar-refractivity contribution in [2.24, 2.45) is 17.8 Å². The summed E-state index contributed by atoms with van der Waals surface area (Å²) in [6.45, 7) is -0.0498. The van der Waals surface area contributed by atoms with Gasteiger partial charge >= 0.3 is 18.2 Å². The highest BCUT2D eigenvalue weighted by atomic mass is 19.4. The quantitative estimate of drug-likeness (QED) is 0.240. The summed E-state index contributed by atoms with van der Waals surface area (Å²) in [5.74, 6) is -3.86. The first-order chi connectivity index (χ1) is 21.4. The van der Waals surface area contributed by atoms with Gasteiger partial charge in [0.05, 0.1) is 30.5 Å². The van der Waals surface area contributed by atoms with Crippen LogP contribution in [0.2, 0.25) is 0 Å². The monoisotopic (exact) mass is 624 g/mol. The lowest BCUT2D eigenvalue weighted by Gasteiger charge is -2.20. The molecule has 1 aromatic heterocycles. The van der Waals surface area contributed by atoms with Crippen LogP contribution < -0.4 is 15.6 Å². The molecule has 0 saturated heterocycles. The molecule has 1 saturated carbocycles. The zero-order chi connectivity index (χ0) is 32.3. The van der Waals surface area contributed by atoms with E-state index in [9.17, 15) is 37.5 Å². The number of halogens is 3. The van der Waals surface area contributed by atoms with E-state index in [1.165, 1.54) is 19.2 Å². The average molecular weight is 625 g/mol. The van der Waals surface area contributed by atoms with Crippen LogP contribution in [0.4, 0.5) is 23.7 Å². The first kappa shape index (κ1) is 31.2. The molecule has 45 heavy (non-hydrogen) atoms. The van der Waals surface area contributed by atoms with Gasteiger partial charge in [-0.05, 0) is 78.9 Å². The lowest BCUT2D eigenvalue weighted by atomic mass is 9.84. The molecule has 1 amide bonds. The number of ketones is 1. The maximum atomic E-state index is 13.4. The van der Waals surface area contributed by atoms with Crippen molar-refractivity contribution in [1.82, 2.24) is 15.0 Å². The molecule has 0 aliphatic heterocycles. The Kier molecular flexibility index (Phi) is 8.84. The number of alkyl halides is 3. The van der Waals surface area contributed by atoms with Crippen molar-refractivity contribution in [3.05, 3.63) is 93.8 Å². The minimum absolute atomic E-state index is 0.0185. The normalized spacial score (nSPS) is 18.0. The topological polar surface area (TPSA) is 150 Å². The molecule has 4 aromatic rings. The largest absolute Gasteiger partial charge is 0.489 e. The van der Waals surface area contributed by atoms with E-state index in [1.54, 1.807) is 36.4 Å². The number of carboxylic acids is 1. The summed E-state index contributed by atoms with van der Waals surface area (Å²) in [5.41, 5.74) is -0.283. The van der Waals surface area contributed by atoms with Gasteiger partial charge in [-0.3, -0.25) is 19.7 Å². The fraction of sp³-hybridized carbons (Fsp3) is 0.290. The highest BCUT2D eigenvalue weighted by molar-refractivity contribution is 6.00. The van der Waals surface area contributed by atoms with Crippen molar-refractivity contribution in [3.63, 3.8) is 0 Å². The number of hydrogen-bond acceptors (Lipinski definition) is 8. The number of anilines is 1. The van der Waals surface area contributed by atoms with Crippen molar-refractivity contribution < 1.29 is 42.1 Å². The van der Waals surface area contributed by atoms with Crippen molar-refractivity contribution in [3.8, 4) is 5.75 Å². The SMILES string of the molecule is COC(=O)Nc1cccc(COc2ccc(C(=O)C3CCC(Cn4nnc5ccc(C(F)(F)F)cc5c4=O)C3C(=O)O)cc2)c1. The first-order valence-corrected chi connectivity index (χ1v) is 13.8. The molecule has 1 aliphatic rings. The Labute approximate surface area is 253 Å². The lowest BCUT2D eigenvalue weighted by Crippen LogP contribution is -2.34. The van der Waals surface area contributed by atoms with E-state index < -0.39 is 47.1 Å². The van der Waals surface area contributed by atoms with Crippen LogP contribution in [0.5, 0.6) is 5.75 Å². The number of aliphatic carboxylic acids is 1. The first-order valence-electron chi connectivity index (χ1n) is 13.8. The number of methoxy groups -OCH3 is 1. The summed E-state index contributed by atoms with van der Waals surface area (Å²) in [7, 11) is 1.26. The van der Waals surface area contributed by atoms with E-state index in [0.717, 1.165) is 22.4 Å². The lowest BCUT2D eigenvalue weighted by molar-refractivity contribution is -0.144. The van der Waals surface area contributed by atoms with Crippen LogP contribution in [-0.4, -0.2) is 45.1 Å². The molecule has 3 atom stereocenters. The van der Waals surface area contributed by atoms with Gasteiger partial charge in [0.2, 0.25) is 0 Å². The summed E-state index contributed by atoms with van der Waals surface area (Å²) in [6.07, 6.45) is -4.75. The fourth-order valence-corrected chi connectivity index (χ4v) is 5.55. The van der Waals surface area contributed by atoms with Gasteiger partial charge in [-0.1, -0.05) is 17.3 Å². The van der Waals surface area contributed by atoms with E-state index in [-0.39, 0.29) is 48.2 Å². The summed E-state index contributed by atoms with van der Waals surface area (Å²) >= 11 is 0. The van der Waals surface area contributed by atoms with Crippen LogP contribution >= 0.6 is 0 Å². The zero-order valence-electron chi connectivity index (χ0n) is 23.8. The Morgan fingerprint density at radius 2 is 1.80 bits per heavy atom. The standard InChI is InChI=1S/C31H27F3N4O7/c1-44-30(43)35-21-4-2-3-17(13-21)16-45-22-9-5-18(6-10-22)27(39)23-11-7-19(26(23)29(41)42)15-38-28(40)24-14-20(31(32,33)34)8-12-25(24)36-37-38/h2-6,8-10,12-14,19,23,26H,7,11,15-16H2,1H3,(H,35,43)(H,41,42). The number of fused-ring (bicyclic) bond motifs is 1. The van der Waals surface area contributed by atoms with Gasteiger partial charge in [0.1, 0.15) is 17.9 Å². The third-order valence-electron chi connectivity index (χ3n) is 7.77. The highest BCUT2D eigenvalue weighted by Gasteiger charge is 2.45. The van der Waals surface area contributed by atoms with Crippen molar-refractivity contribution >= 4 is 34.4 Å². The number of carbonyl (C=O) groups is 3. The second-order valence-electron chi connectivity index (χ2n) is 10.6. The third-order valence-corrected chi connectivity index (χ3v) is 7.77. The molecule has 11 nitrogen and oxygen atoms in total. The number of benzene rings is 3. The number of carbonyl (C=O) groups excluding carboxylic acids is 2. The number of Topliss-reactive ketones (excluding diaryl/α,β-unsaturated/α-hetero) is 1. The average Bonchev–Trinajstić information content (AvgIpc) is 3.45. The summed E-state index contributed by atoms with van der Waals surface area (Å²) in [5, 5.41) is 20.0. The van der Waals surface area contributed by atoms with Gasteiger partial charge < -0.3 is 14.6 Å². The molecule has 0 spiro atoms. The molecule has 0 bridgehead atoms. The van der Waals surface area contributed by atoms with Gasteiger partial charge in [0.15, 0.2) is 5.78 Å². The van der Waals surface area contributed by atoms with E-state index >= 15 is 0 Å². The molecular weight excluding hydrogens is 597 g/mol. The van der Waals surface area contributed by atoms with Gasteiger partial charge in [0.25, 0.3) is 5.56 Å². The van der Waals surface area contributed by atoms with Crippen LogP contribution in [0.3, 0.4) is 0 Å². The van der Waals surface area contributed by atoms with Gasteiger partial charge in [0, 0.05) is 17.2 Å². The predicted octanol–water partition coefficient (Wildman–Crippen LogP) is 5.18. The second kappa shape index (κ2) is 12.8. The number of nitrogens with one attached hydrogen (secondary N) is 1. The Balaban J connectivity index is 1.27. The molecule has 2 N–H and O–H groups in total. The molecule has 3 unspecified atom stereocenters. The maximum absolute atomic E-state index is 13.4. The van der Waals surface area contributed by atoms with E-state index in [0.29, 0.717) is 17.5 Å². The van der Waals surface area contributed by atoms with Crippen molar-refractivity contribution in [1.29, 1.82) is 0 Å². The molecule has 3 aromatic carbocycles. The van der Waals surface area contributed by atoms with Crippen LogP contribution in [0, 0.1) is 17.8 Å². The highest BCUT2D eigenvalue weighted by Crippen LogP contribution is 2.40. The van der Waals surface area contributed by atoms with Gasteiger partial charge in [-0.25, -0.2) is 9.48 Å². The van der Waals surface area contributed by atoms with Crippen LogP contribution in [0.25, 0.3) is 10.9 Å². The minimum atomic E-state index is -4.66. The Morgan fingerprint density at radius 3 is 2.49 bits per heavy atom. The molecule has 0 radical (unpaired) electrons. The predicted molar refractivity (Wildman–Crippen MR) is 154 cm³/mol. The number of nitrogens with zero attached hydrogens (tertiary/aromatic N) is 3. The summed E-state index contributed by atoms with van der Waals surface area (Å²) in [6, 6.07) is 15.8. The Bertz CT molecular complexity index is 1810. The van der Waals surface area contributed by atoms with Crippen LogP contribution in [0.1, 0.15) is 34.3 Å². The van der Waals surface area contributed by atoms with Gasteiger partial charge in [-0.15, -0.1) is 5.10 Å². The number of hydrogen-bond donors (Lipinski definition) is 2. The van der Waals surface area contributed by atoms with Gasteiger partial charge in [-0.2, -0.15) is 13.2 Å². The Morgan fingerprint density at radius 1 is 1.04 bits per heavy atom. The van der Waals surface area contributed by atoms with Crippen molar-refractivity contribution in [2.75, 3.05) is 12.4 Å². The minimum Gasteiger partial charge on any atom is -0.489 e. The fourth-order valence-electron chi connectivity index (χ4n) is 5.55. The van der Waals surface area contributed by atoms with Crippen LogP contribution in [-0.2, 0) is 28.9 Å². The molecular formula is C31H27F3N4O7. The van der Waals surface area contributed by atoms with Crippen LogP contribution in [0.15, 0.2) is 71.5 Å². The molecule has 14 heteroatoms. The Hall–Kier alpha value is -5.27. The number of aromatic nitrogens is 3. The zero-order valence-corrected chi connectivity index (χ0v) is 23.8. The number of amides is 1. The van der Waals surface area contributed by atoms with Crippen molar-refractivity contribution in [2.45, 2.75) is 32.2 Å². The molecule has 5 rings (SSSR count). The number of ether oxygens (including phenoxy) is 2. The van der Waals surface area contributed by atoms with E-state index in [4.69, 9.17) is 4.74 Å². The number of rotatable bonds is 9. The number of carboxylic acid groups (broad SMARTS) is 1. The summed E-state index contributed by atoms with van der Waals surface area (Å²) in [4.78, 5) is 50.2. The molecule has 1 heterocycles. The van der Waals surface area contributed by atoms with E-state index in [1.807, 2.05) is 0 Å². The second-order valence-corrected chi connectivity index (χ2v) is 10.6.